The number of rotatable bonds is 15. The minimum atomic E-state index is -4.45. The number of alkyl halides is 3. The average molecular weight is 926 g/mol. The molecule has 5 aromatic rings. The number of esters is 1. The first kappa shape index (κ1) is 50.4. The van der Waals surface area contributed by atoms with Crippen molar-refractivity contribution in [3.63, 3.8) is 0 Å². The van der Waals surface area contributed by atoms with E-state index in [2.05, 4.69) is 9.97 Å². The van der Waals surface area contributed by atoms with Gasteiger partial charge in [0.25, 0.3) is 5.56 Å². The summed E-state index contributed by atoms with van der Waals surface area (Å²) >= 11 is 0. The van der Waals surface area contributed by atoms with Crippen molar-refractivity contribution in [2.45, 2.75) is 89.5 Å². The van der Waals surface area contributed by atoms with Gasteiger partial charge in [0.2, 0.25) is 5.91 Å². The van der Waals surface area contributed by atoms with Gasteiger partial charge in [0.05, 0.1) is 17.6 Å². The number of piperidine rings is 1. The zero-order valence-corrected chi connectivity index (χ0v) is 36.0. The maximum atomic E-state index is 14.6. The fraction of sp³-hybridized carbons (Fsp3) is 0.370. The molecule has 1 amide bonds. The molecule has 15 nitrogen and oxygen atoms in total. The van der Waals surface area contributed by atoms with E-state index in [1.807, 2.05) is 30.9 Å². The largest absolute Gasteiger partial charge is 0.479 e. The van der Waals surface area contributed by atoms with Gasteiger partial charge in [0.15, 0.2) is 23.8 Å². The molecule has 0 radical (unpaired) electrons. The first-order chi connectivity index (χ1) is 31.1. The van der Waals surface area contributed by atoms with Gasteiger partial charge in [-0.05, 0) is 92.6 Å². The lowest BCUT2D eigenvalue weighted by Gasteiger charge is -2.44. The normalized spacial score (nSPS) is 14.5. The lowest BCUT2D eigenvalue weighted by atomic mass is 9.95. The zero-order chi connectivity index (χ0) is 48.5. The number of fused-ring (bicyclic) bond motifs is 1. The van der Waals surface area contributed by atoms with Gasteiger partial charge in [0, 0.05) is 38.3 Å². The fourth-order valence-electron chi connectivity index (χ4n) is 7.43. The number of nitrogens with zero attached hydrogens (tertiary/aromatic N) is 5. The van der Waals surface area contributed by atoms with E-state index in [0.717, 1.165) is 23.8 Å². The van der Waals surface area contributed by atoms with Gasteiger partial charge >= 0.3 is 24.1 Å². The van der Waals surface area contributed by atoms with E-state index in [-0.39, 0.29) is 72.9 Å². The summed E-state index contributed by atoms with van der Waals surface area (Å²) in [4.78, 5) is 72.6. The summed E-state index contributed by atoms with van der Waals surface area (Å²) in [6.07, 6.45) is -6.40. The Hall–Kier alpha value is -6.64. The molecule has 0 unspecified atom stereocenters. The minimum absolute atomic E-state index is 0.00622. The van der Waals surface area contributed by atoms with E-state index in [9.17, 15) is 45.9 Å². The first-order valence-electron chi connectivity index (χ1n) is 20.7. The molecule has 0 spiro atoms. The van der Waals surface area contributed by atoms with Gasteiger partial charge < -0.3 is 34.6 Å². The molecule has 352 valence electrons. The summed E-state index contributed by atoms with van der Waals surface area (Å²) < 4.78 is 75.0. The molecule has 0 saturated carbocycles. The third-order valence-electron chi connectivity index (χ3n) is 11.2. The van der Waals surface area contributed by atoms with Crippen molar-refractivity contribution in [3.05, 3.63) is 130 Å². The third kappa shape index (κ3) is 12.2. The summed E-state index contributed by atoms with van der Waals surface area (Å²) in [5.74, 6) is -5.99. The predicted octanol–water partition coefficient (Wildman–Crippen LogP) is 5.25. The molecule has 0 aliphatic carbocycles. The van der Waals surface area contributed by atoms with Crippen LogP contribution in [0.25, 0.3) is 22.2 Å². The van der Waals surface area contributed by atoms with E-state index in [0.29, 0.717) is 37.1 Å². The summed E-state index contributed by atoms with van der Waals surface area (Å²) in [6, 6.07) is 18.9. The molecule has 4 N–H and O–H groups in total. The number of ether oxygens (including phenoxy) is 1. The van der Waals surface area contributed by atoms with Gasteiger partial charge in [-0.15, -0.1) is 0 Å². The molecular weight excluding hydrogens is 878 g/mol. The second kappa shape index (κ2) is 21.6. The number of aliphatic hydroxyl groups excluding tert-OH is 2. The molecule has 1 saturated heterocycles. The highest BCUT2D eigenvalue weighted by Crippen LogP contribution is 2.32. The van der Waals surface area contributed by atoms with Gasteiger partial charge in [-0.2, -0.15) is 18.2 Å². The van der Waals surface area contributed by atoms with E-state index < -0.39 is 58.6 Å². The smallest absolute Gasteiger partial charge is 0.416 e. The third-order valence-corrected chi connectivity index (χ3v) is 11.2. The fourth-order valence-corrected chi connectivity index (χ4v) is 7.43. The van der Waals surface area contributed by atoms with Crippen molar-refractivity contribution in [2.75, 3.05) is 19.7 Å². The Bertz CT molecular complexity index is 2560. The van der Waals surface area contributed by atoms with Crippen molar-refractivity contribution < 1.29 is 66.3 Å². The van der Waals surface area contributed by atoms with Crippen LogP contribution < -0.4 is 5.56 Å². The highest BCUT2D eigenvalue weighted by molar-refractivity contribution is 5.83. The van der Waals surface area contributed by atoms with Crippen LogP contribution in [0.4, 0.5) is 22.0 Å². The lowest BCUT2D eigenvalue weighted by Crippen LogP contribution is -2.56. The van der Waals surface area contributed by atoms with Gasteiger partial charge in [0.1, 0.15) is 23.6 Å². The molecule has 0 bridgehead atoms. The number of pyridine rings is 1. The van der Waals surface area contributed by atoms with E-state index in [1.165, 1.54) is 30.5 Å². The molecular formula is C46H48F5N5O10. The van der Waals surface area contributed by atoms with Crippen molar-refractivity contribution in [1.82, 2.24) is 24.3 Å². The van der Waals surface area contributed by atoms with Crippen LogP contribution in [0.3, 0.4) is 0 Å². The lowest BCUT2D eigenvalue weighted by molar-refractivity contribution is -0.165. The topological polar surface area (TPSA) is 213 Å². The number of carbonyl (C=O) groups excluding carboxylic acids is 2. The second-order valence-electron chi connectivity index (χ2n) is 15.9. The van der Waals surface area contributed by atoms with Crippen molar-refractivity contribution in [1.29, 1.82) is 0 Å². The number of hydrogen-bond acceptors (Lipinski definition) is 11. The van der Waals surface area contributed by atoms with Crippen LogP contribution in [0.15, 0.2) is 89.9 Å². The Kier molecular flexibility index (Phi) is 16.5. The van der Waals surface area contributed by atoms with E-state index >= 15 is 0 Å². The number of aliphatic hydroxyl groups is 2. The number of hydrogen-bond donors (Lipinski definition) is 4. The van der Waals surface area contributed by atoms with Gasteiger partial charge in [-0.25, -0.2) is 23.4 Å². The zero-order valence-electron chi connectivity index (χ0n) is 36.0. The number of aryl methyl sites for hydroxylation is 2. The van der Waals surface area contributed by atoms with Crippen LogP contribution in [0.1, 0.15) is 56.1 Å². The maximum absolute atomic E-state index is 14.6. The molecule has 1 aliphatic rings. The molecule has 1 fully saturated rings. The van der Waals surface area contributed by atoms with Crippen LogP contribution in [-0.2, 0) is 56.0 Å². The van der Waals surface area contributed by atoms with E-state index in [1.54, 1.807) is 40.7 Å². The second-order valence-corrected chi connectivity index (χ2v) is 15.9. The quantitative estimate of drug-likeness (QED) is 0.0782. The molecule has 2 aromatic heterocycles. The molecule has 1 aliphatic heterocycles. The molecule has 20 heteroatoms. The number of halogens is 5. The number of benzene rings is 3. The summed E-state index contributed by atoms with van der Waals surface area (Å²) in [5.41, 5.74) is 0.204. The van der Waals surface area contributed by atoms with Crippen molar-refractivity contribution >= 4 is 34.8 Å². The molecule has 2 atom stereocenters. The first-order valence-corrected chi connectivity index (χ1v) is 20.7. The molecule has 3 heterocycles. The SMILES string of the molecule is CCOC(=O)C(C)(C)N1CCC(N(Cc2ccc(-c3ccc(C(F)(F)F)cc3)cc2)C(=O)Cn2c(CCc3cccc(F)c3F)nc(=O)c3cccnc32)CC1.O=C(O)[C@H](O)[C@@H](O)C(=O)O. The number of carbonyl (C=O) groups is 4. The highest BCUT2D eigenvalue weighted by atomic mass is 19.4. The summed E-state index contributed by atoms with van der Waals surface area (Å²) in [7, 11) is 0. The standard InChI is InChI=1S/C42H42F5N5O4.C4H6O6/c1-4-56-40(55)41(2,3)50-23-20-32(21-24-50)51(25-27-10-12-28(13-11-27)29-14-17-31(18-15-29)42(45,46)47)36(53)26-52-35(19-16-30-7-5-9-34(43)37(30)44)49-39(54)33-8-6-22-48-38(33)52;5-1(3(7)8)2(6)4(9)10/h5-15,17-18,22,32H,4,16,19-21,23-26H2,1-3H3;1-2,5-6H,(H,7,8)(H,9,10)/t;1-,2-/m.1/s1. The maximum Gasteiger partial charge on any atom is 0.416 e. The van der Waals surface area contributed by atoms with Gasteiger partial charge in [-0.3, -0.25) is 19.3 Å². The molecule has 3 aromatic carbocycles. The number of carboxylic acids is 2. The Morgan fingerprint density at radius 1 is 0.848 bits per heavy atom. The number of aliphatic carboxylic acids is 2. The average Bonchev–Trinajstić information content (AvgIpc) is 3.29. The number of amides is 1. The van der Waals surface area contributed by atoms with Crippen LogP contribution in [0.2, 0.25) is 0 Å². The van der Waals surface area contributed by atoms with Crippen molar-refractivity contribution in [2.24, 2.45) is 0 Å². The van der Waals surface area contributed by atoms with Crippen LogP contribution in [-0.4, -0.2) is 112 Å². The number of aromatic nitrogens is 3. The molecule has 6 rings (SSSR count). The minimum Gasteiger partial charge on any atom is -0.479 e. The van der Waals surface area contributed by atoms with Gasteiger partial charge in [-0.1, -0.05) is 48.5 Å². The Morgan fingerprint density at radius 3 is 2.00 bits per heavy atom. The molecule has 66 heavy (non-hydrogen) atoms. The predicted molar refractivity (Wildman–Crippen MR) is 228 cm³/mol. The van der Waals surface area contributed by atoms with E-state index in [4.69, 9.17) is 25.2 Å². The Balaban J connectivity index is 0.000000730. The monoisotopic (exact) mass is 925 g/mol. The van der Waals surface area contributed by atoms with Crippen LogP contribution >= 0.6 is 0 Å². The summed E-state index contributed by atoms with van der Waals surface area (Å²) in [6.45, 7) is 6.54. The van der Waals surface area contributed by atoms with Crippen LogP contribution in [0.5, 0.6) is 0 Å². The number of carboxylic acid groups (broad SMARTS) is 2. The summed E-state index contributed by atoms with van der Waals surface area (Å²) in [5, 5.41) is 32.7. The Morgan fingerprint density at radius 2 is 1.44 bits per heavy atom. The Labute approximate surface area is 374 Å². The van der Waals surface area contributed by atoms with Crippen molar-refractivity contribution in [3.8, 4) is 11.1 Å². The highest BCUT2D eigenvalue weighted by Gasteiger charge is 2.40. The van der Waals surface area contributed by atoms with Crippen LogP contribution in [0, 0.1) is 11.6 Å². The number of likely N-dealkylation sites (tertiary alicyclic amines) is 1.